The van der Waals surface area contributed by atoms with E-state index in [1.807, 2.05) is 0 Å². The third-order valence-electron chi connectivity index (χ3n) is 0. The van der Waals surface area contributed by atoms with Gasteiger partial charge in [-0.1, -0.05) is 0 Å². The maximum Gasteiger partial charge on any atom is 4.00 e. The SMILES string of the molecule is O=[N+]([O-])[O-].[Al+3].[O-2].[Zr+4]. The van der Waals surface area contributed by atoms with Crippen LogP contribution in [0.1, 0.15) is 0 Å². The van der Waals surface area contributed by atoms with Crippen LogP contribution in [0.15, 0.2) is 0 Å². The fourth-order valence-corrected chi connectivity index (χ4v) is 0. The fraction of sp³-hybridized carbons (Fsp3) is 0. The minimum Gasteiger partial charge on any atom is -2.00 e. The van der Waals surface area contributed by atoms with Gasteiger partial charge in [-0.3, -0.25) is 0 Å². The van der Waals surface area contributed by atoms with E-state index in [9.17, 15) is 0 Å². The summed E-state index contributed by atoms with van der Waals surface area (Å²) in [5, 5.41) is 14.8. The van der Waals surface area contributed by atoms with Crippen molar-refractivity contribution in [3.8, 4) is 0 Å². The summed E-state index contributed by atoms with van der Waals surface area (Å²) in [5.74, 6) is 0. The first-order chi connectivity index (χ1) is 1.73. The van der Waals surface area contributed by atoms with Crippen molar-refractivity contribution in [2.75, 3.05) is 0 Å². The largest absolute Gasteiger partial charge is 4.00 e. The van der Waals surface area contributed by atoms with Gasteiger partial charge in [0.25, 0.3) is 0 Å². The minimum absolute atomic E-state index is 0. The molecule has 32 valence electrons. The summed E-state index contributed by atoms with van der Waals surface area (Å²) < 4.78 is 0. The van der Waals surface area contributed by atoms with Crippen molar-refractivity contribution < 1.29 is 36.8 Å². The molecular formula is AlNO4Zr+4. The van der Waals surface area contributed by atoms with E-state index in [2.05, 4.69) is 0 Å². The molecule has 0 rings (SSSR count). The van der Waals surface area contributed by atoms with Crippen LogP contribution in [-0.2, 0) is 31.7 Å². The Hall–Kier alpha value is 0.576. The van der Waals surface area contributed by atoms with E-state index in [0.29, 0.717) is 0 Å². The molecule has 5 nitrogen and oxygen atoms in total. The fourth-order valence-electron chi connectivity index (χ4n) is 0. The summed E-state index contributed by atoms with van der Waals surface area (Å²) in [4.78, 5) is 8.25. The molecule has 0 saturated heterocycles. The second kappa shape index (κ2) is 16.0. The molecule has 0 aromatic carbocycles. The minimum atomic E-state index is -1.75. The zero-order valence-electron chi connectivity index (χ0n) is 3.16. The molecule has 0 aliphatic heterocycles. The first-order valence-corrected chi connectivity index (χ1v) is 0.548. The summed E-state index contributed by atoms with van der Waals surface area (Å²) in [7, 11) is 0. The molecule has 0 spiro atoms. The quantitative estimate of drug-likeness (QED) is 0.290. The van der Waals surface area contributed by atoms with Crippen molar-refractivity contribution in [1.82, 2.24) is 0 Å². The molecule has 7 heavy (non-hydrogen) atoms. The van der Waals surface area contributed by atoms with Gasteiger partial charge in [0.05, 0.1) is 5.09 Å². The first kappa shape index (κ1) is 25.6. The second-order valence-electron chi connectivity index (χ2n) is 0.224. The number of hydrogen-bond donors (Lipinski definition) is 0. The molecule has 0 aromatic heterocycles. The van der Waals surface area contributed by atoms with E-state index in [1.165, 1.54) is 0 Å². The van der Waals surface area contributed by atoms with Crippen molar-refractivity contribution in [2.24, 2.45) is 0 Å². The van der Waals surface area contributed by atoms with Crippen molar-refractivity contribution in [1.29, 1.82) is 0 Å². The Morgan fingerprint density at radius 2 is 1.29 bits per heavy atom. The Morgan fingerprint density at radius 1 is 1.29 bits per heavy atom. The van der Waals surface area contributed by atoms with Gasteiger partial charge < -0.3 is 20.8 Å². The molecule has 0 aliphatic rings. The van der Waals surface area contributed by atoms with Crippen molar-refractivity contribution in [3.63, 3.8) is 0 Å². The molecule has 0 heterocycles. The summed E-state index contributed by atoms with van der Waals surface area (Å²) in [6.45, 7) is 0. The average molecular weight is 196 g/mol. The maximum atomic E-state index is 8.25. The van der Waals surface area contributed by atoms with Crippen LogP contribution in [0.2, 0.25) is 0 Å². The zero-order valence-corrected chi connectivity index (χ0v) is 6.77. The standard InChI is InChI=1S/Al.NO3.O.Zr/c;2-1(3)4;;/q+3;-1;-2;+4. The van der Waals surface area contributed by atoms with E-state index < -0.39 is 5.09 Å². The molecule has 0 fully saturated rings. The Labute approximate surface area is 69.4 Å². The number of nitrogens with zero attached hydrogens (tertiary/aromatic N) is 1. The topological polar surface area (TPSA) is 94.7 Å². The van der Waals surface area contributed by atoms with Crippen molar-refractivity contribution in [2.45, 2.75) is 0 Å². The van der Waals surface area contributed by atoms with Crippen LogP contribution < -0.4 is 0 Å². The van der Waals surface area contributed by atoms with Gasteiger partial charge in [0.2, 0.25) is 0 Å². The second-order valence-corrected chi connectivity index (χ2v) is 0.224. The van der Waals surface area contributed by atoms with Crippen LogP contribution in [0.5, 0.6) is 0 Å². The molecule has 0 saturated carbocycles. The van der Waals surface area contributed by atoms with Crippen molar-refractivity contribution in [3.05, 3.63) is 15.3 Å². The van der Waals surface area contributed by atoms with Gasteiger partial charge in [-0.15, -0.1) is 0 Å². The van der Waals surface area contributed by atoms with Gasteiger partial charge in [0.1, 0.15) is 0 Å². The predicted molar refractivity (Wildman–Crippen MR) is 16.8 cm³/mol. The Morgan fingerprint density at radius 3 is 1.29 bits per heavy atom. The van der Waals surface area contributed by atoms with Crippen LogP contribution in [0.3, 0.4) is 0 Å². The molecule has 0 unspecified atom stereocenters. The average Bonchev–Trinajstić information content (AvgIpc) is 0.811. The van der Waals surface area contributed by atoms with Crippen LogP contribution in [-0.4, -0.2) is 22.4 Å². The monoisotopic (exact) mass is 195 g/mol. The molecule has 0 aromatic rings. The summed E-state index contributed by atoms with van der Waals surface area (Å²) in [6.07, 6.45) is 0. The van der Waals surface area contributed by atoms with E-state index >= 15 is 0 Å². The number of hydrogen-bond acceptors (Lipinski definition) is 3. The smallest absolute Gasteiger partial charge is 2.00 e. The van der Waals surface area contributed by atoms with Gasteiger partial charge in [0.15, 0.2) is 0 Å². The summed E-state index contributed by atoms with van der Waals surface area (Å²) in [5.41, 5.74) is 0. The molecule has 0 aliphatic carbocycles. The van der Waals surface area contributed by atoms with Crippen molar-refractivity contribution >= 4 is 17.4 Å². The normalized spacial score (nSPS) is 3.43. The number of rotatable bonds is 0. The van der Waals surface area contributed by atoms with Crippen LogP contribution in [0, 0.1) is 15.3 Å². The molecular weight excluding hydrogens is 196 g/mol. The molecule has 0 amide bonds. The molecule has 0 atom stereocenters. The van der Waals surface area contributed by atoms with Crippen LogP contribution in [0.25, 0.3) is 0 Å². The van der Waals surface area contributed by atoms with Gasteiger partial charge in [0, 0.05) is 0 Å². The van der Waals surface area contributed by atoms with E-state index in [1.54, 1.807) is 0 Å². The predicted octanol–water partition coefficient (Wildman–Crippen LogP) is -0.741. The van der Waals surface area contributed by atoms with E-state index in [4.69, 9.17) is 15.3 Å². The third-order valence-corrected chi connectivity index (χ3v) is 0. The summed E-state index contributed by atoms with van der Waals surface area (Å²) in [6, 6.07) is 0. The Bertz CT molecular complexity index is 34.7. The Kier molecular flexibility index (Phi) is 58.5. The zero-order chi connectivity index (χ0) is 3.58. The molecule has 0 radical (unpaired) electrons. The maximum absolute atomic E-state index is 8.25. The third kappa shape index (κ3) is 416. The molecule has 0 bridgehead atoms. The van der Waals surface area contributed by atoms with Gasteiger partial charge in [-0.05, 0) is 0 Å². The first-order valence-electron chi connectivity index (χ1n) is 0.548. The van der Waals surface area contributed by atoms with E-state index in [-0.39, 0.29) is 49.0 Å². The van der Waals surface area contributed by atoms with Gasteiger partial charge in [-0.25, -0.2) is 0 Å². The van der Waals surface area contributed by atoms with Crippen LogP contribution >= 0.6 is 0 Å². The van der Waals surface area contributed by atoms with Gasteiger partial charge >= 0.3 is 43.6 Å². The van der Waals surface area contributed by atoms with E-state index in [0.717, 1.165) is 0 Å². The summed E-state index contributed by atoms with van der Waals surface area (Å²) >= 11 is 0. The van der Waals surface area contributed by atoms with Crippen LogP contribution in [0.4, 0.5) is 0 Å². The van der Waals surface area contributed by atoms with Gasteiger partial charge in [-0.2, -0.15) is 0 Å². The molecule has 7 heteroatoms. The Balaban J connectivity index is -0.0000000150. The molecule has 0 N–H and O–H groups in total.